The molecule has 4 N–H and O–H groups in total. The first-order valence-electron chi connectivity index (χ1n) is 22.7. The number of aromatic amines is 2. The minimum Gasteiger partial charge on any atom is -0.464 e. The molecule has 1 aliphatic carbocycles. The Kier molecular flexibility index (Phi) is 11.3. The van der Waals surface area contributed by atoms with E-state index in [0.29, 0.717) is 18.3 Å². The molecular formula is C48H54N10O7S. The van der Waals surface area contributed by atoms with Crippen LogP contribution in [-0.4, -0.2) is 103 Å². The number of carbonyl (C=O) groups excluding carboxylic acids is 4. The number of hydrogen-bond donors (Lipinski definition) is 4. The van der Waals surface area contributed by atoms with Crippen molar-refractivity contribution in [3.63, 3.8) is 0 Å². The molecule has 18 heteroatoms. The number of aromatic nitrogens is 6. The third kappa shape index (κ3) is 7.73. The lowest BCUT2D eigenvalue weighted by molar-refractivity contribution is -0.135. The number of alkyl carbamates (subject to hydrolysis) is 2. The van der Waals surface area contributed by atoms with Gasteiger partial charge in [0.2, 0.25) is 18.0 Å². The van der Waals surface area contributed by atoms with Gasteiger partial charge in [0.05, 0.1) is 71.2 Å². The fourth-order valence-electron chi connectivity index (χ4n) is 10.2. The van der Waals surface area contributed by atoms with Gasteiger partial charge in [-0.3, -0.25) is 14.2 Å². The Balaban J connectivity index is 0.964. The molecular weight excluding hydrogens is 861 g/mol. The van der Waals surface area contributed by atoms with E-state index in [-0.39, 0.29) is 42.4 Å². The number of nitrogens with zero attached hydrogens (tertiary/aromatic N) is 6. The van der Waals surface area contributed by atoms with Crippen molar-refractivity contribution in [2.75, 3.05) is 27.3 Å². The largest absolute Gasteiger partial charge is 0.464 e. The number of hydrogen-bond acceptors (Lipinski definition) is 11. The maximum Gasteiger partial charge on any atom is 0.407 e. The van der Waals surface area contributed by atoms with Gasteiger partial charge in [-0.1, -0.05) is 26.8 Å². The van der Waals surface area contributed by atoms with Gasteiger partial charge in [0.15, 0.2) is 0 Å². The number of amides is 4. The SMILES string of the molecule is CCCc1ncc(C2Oc3cc(-c4cnc([C@@H]5CCCN5C(=O)[C@@H](NC(=O)OC)C(C)C)[nH]4)cc(C)c3-c3cc4cc(-c5cnc([C@@H]6C[C@H]7C[C@H]7N6C(=O)CNC(=O)OC)[nH]5)ccc4n32)s1. The highest BCUT2D eigenvalue weighted by atomic mass is 32.1. The summed E-state index contributed by atoms with van der Waals surface area (Å²) in [7, 11) is 2.57. The number of imidazole rings is 2. The second kappa shape index (κ2) is 17.3. The van der Waals surface area contributed by atoms with Crippen LogP contribution in [0.3, 0.4) is 0 Å². The van der Waals surface area contributed by atoms with E-state index in [1.165, 1.54) is 14.2 Å². The zero-order valence-corrected chi connectivity index (χ0v) is 38.7. The van der Waals surface area contributed by atoms with Crippen LogP contribution in [0.5, 0.6) is 5.75 Å². The first-order valence-corrected chi connectivity index (χ1v) is 23.6. The predicted molar refractivity (Wildman–Crippen MR) is 247 cm³/mol. The predicted octanol–water partition coefficient (Wildman–Crippen LogP) is 7.81. The highest BCUT2D eigenvalue weighted by Gasteiger charge is 2.55. The minimum atomic E-state index is -0.722. The number of carbonyl (C=O) groups is 4. The van der Waals surface area contributed by atoms with Crippen LogP contribution in [-0.2, 0) is 25.5 Å². The number of ether oxygens (including phenoxy) is 3. The Hall–Kier alpha value is -6.69. The van der Waals surface area contributed by atoms with Gasteiger partial charge in [0.1, 0.15) is 30.0 Å². The molecule has 0 bridgehead atoms. The third-order valence-electron chi connectivity index (χ3n) is 13.5. The van der Waals surface area contributed by atoms with Crippen LogP contribution in [0.1, 0.15) is 98.3 Å². The lowest BCUT2D eigenvalue weighted by Gasteiger charge is -2.30. The fourth-order valence-corrected chi connectivity index (χ4v) is 11.2. The van der Waals surface area contributed by atoms with Gasteiger partial charge in [0.25, 0.3) is 0 Å². The number of H-pyrrole nitrogens is 2. The molecule has 1 unspecified atom stereocenters. The van der Waals surface area contributed by atoms with Gasteiger partial charge in [-0.15, -0.1) is 11.3 Å². The Labute approximate surface area is 385 Å². The average Bonchev–Trinajstić information content (AvgIpc) is 4.07. The molecule has 6 atom stereocenters. The van der Waals surface area contributed by atoms with Crippen LogP contribution in [0, 0.1) is 18.8 Å². The summed E-state index contributed by atoms with van der Waals surface area (Å²) in [5, 5.41) is 7.35. The number of fused-ring (bicyclic) bond motifs is 6. The van der Waals surface area contributed by atoms with E-state index in [0.717, 1.165) is 110 Å². The monoisotopic (exact) mass is 914 g/mol. The summed E-state index contributed by atoms with van der Waals surface area (Å²) >= 11 is 1.67. The van der Waals surface area contributed by atoms with Gasteiger partial charge in [-0.25, -0.2) is 24.5 Å². The molecule has 7 heterocycles. The molecule has 2 saturated heterocycles. The van der Waals surface area contributed by atoms with Gasteiger partial charge in [-0.05, 0) is 93.2 Å². The topological polar surface area (TPSA) is 202 Å². The molecule has 0 spiro atoms. The van der Waals surface area contributed by atoms with Crippen molar-refractivity contribution < 1.29 is 33.4 Å². The van der Waals surface area contributed by atoms with Crippen molar-refractivity contribution in [2.24, 2.45) is 11.8 Å². The van der Waals surface area contributed by atoms with E-state index in [4.69, 9.17) is 24.4 Å². The Morgan fingerprint density at radius 1 is 0.924 bits per heavy atom. The van der Waals surface area contributed by atoms with Gasteiger partial charge in [-0.2, -0.15) is 0 Å². The summed E-state index contributed by atoms with van der Waals surface area (Å²) in [4.78, 5) is 77.1. The van der Waals surface area contributed by atoms with Crippen molar-refractivity contribution in [2.45, 2.75) is 96.6 Å². The number of likely N-dealkylation sites (tertiary alicyclic amines) is 2. The lowest BCUT2D eigenvalue weighted by atomic mass is 9.98. The summed E-state index contributed by atoms with van der Waals surface area (Å²) in [5.74, 6) is 2.15. The number of benzene rings is 2. The van der Waals surface area contributed by atoms with Crippen LogP contribution in [0.4, 0.5) is 9.59 Å². The van der Waals surface area contributed by atoms with E-state index in [9.17, 15) is 19.2 Å². The number of rotatable bonds is 12. The van der Waals surface area contributed by atoms with Crippen LogP contribution >= 0.6 is 11.3 Å². The highest BCUT2D eigenvalue weighted by Crippen LogP contribution is 2.53. The van der Waals surface area contributed by atoms with Crippen molar-refractivity contribution in [1.29, 1.82) is 0 Å². The molecule has 10 rings (SSSR count). The van der Waals surface area contributed by atoms with Gasteiger partial charge < -0.3 is 44.6 Å². The van der Waals surface area contributed by atoms with Crippen molar-refractivity contribution in [3.05, 3.63) is 82.1 Å². The molecule has 1 saturated carbocycles. The summed E-state index contributed by atoms with van der Waals surface area (Å²) in [5.41, 5.74) is 7.58. The highest BCUT2D eigenvalue weighted by molar-refractivity contribution is 7.11. The number of piperidine rings is 1. The summed E-state index contributed by atoms with van der Waals surface area (Å²) in [6, 6.07) is 11.8. The molecule has 66 heavy (non-hydrogen) atoms. The molecule has 2 aromatic carbocycles. The molecule has 4 aliphatic rings. The van der Waals surface area contributed by atoms with Crippen LogP contribution < -0.4 is 15.4 Å². The fraction of sp³-hybridized carbons (Fsp3) is 0.438. The Morgan fingerprint density at radius 2 is 1.68 bits per heavy atom. The normalized spacial score (nSPS) is 21.0. The van der Waals surface area contributed by atoms with E-state index in [1.54, 1.807) is 11.3 Å². The van der Waals surface area contributed by atoms with Crippen LogP contribution in [0.2, 0.25) is 0 Å². The smallest absolute Gasteiger partial charge is 0.407 e. The number of nitrogens with one attached hydrogen (secondary N) is 4. The molecule has 344 valence electrons. The van der Waals surface area contributed by atoms with Crippen molar-refractivity contribution >= 4 is 46.2 Å². The average molecular weight is 915 g/mol. The second-order valence-electron chi connectivity index (χ2n) is 18.1. The van der Waals surface area contributed by atoms with E-state index >= 15 is 0 Å². The second-order valence-corrected chi connectivity index (χ2v) is 19.2. The maximum atomic E-state index is 13.8. The Bertz CT molecular complexity index is 2860. The summed E-state index contributed by atoms with van der Waals surface area (Å²) in [6.45, 7) is 8.50. The van der Waals surface area contributed by atoms with Gasteiger partial charge in [0, 0.05) is 40.9 Å². The standard InChI is InChI=1S/C48H54N10O7S/c1-7-9-39-49-22-38(66-39)46-58-32-12-11-26(30-20-51-44(53-30)36-18-29-16-34(29)57(36)40(59)23-52-47(61)63-5)15-28(32)17-35(58)41-25(4)14-27(19-37(41)65-46)31-21-50-43(54-31)33-10-8-13-56(33)45(60)42(24(2)3)55-48(62)64-6/h11-12,14-15,17,19-22,24,29,33-34,36,42,46H,7-10,13,16,18,23H2,1-6H3,(H,50,54)(H,51,53)(H,52,61)(H,55,62)/t29-,33+,34-,36+,42+,46?/m1/s1. The molecule has 4 aromatic heterocycles. The maximum absolute atomic E-state index is 13.8. The quantitative estimate of drug-likeness (QED) is 0.0939. The van der Waals surface area contributed by atoms with E-state index < -0.39 is 24.5 Å². The molecule has 3 fully saturated rings. The van der Waals surface area contributed by atoms with E-state index in [2.05, 4.69) is 80.2 Å². The third-order valence-corrected chi connectivity index (χ3v) is 14.6. The number of methoxy groups -OCH3 is 2. The molecule has 17 nitrogen and oxygen atoms in total. The zero-order valence-electron chi connectivity index (χ0n) is 37.8. The van der Waals surface area contributed by atoms with Crippen LogP contribution in [0.25, 0.3) is 44.7 Å². The summed E-state index contributed by atoms with van der Waals surface area (Å²) in [6.07, 6.45) is 9.07. The first kappa shape index (κ1) is 43.2. The molecule has 4 amide bonds. The van der Waals surface area contributed by atoms with Crippen molar-refractivity contribution in [3.8, 4) is 39.5 Å². The number of thiazole rings is 1. The van der Waals surface area contributed by atoms with Crippen LogP contribution in [0.15, 0.2) is 55.0 Å². The van der Waals surface area contributed by atoms with E-state index in [1.807, 2.05) is 42.2 Å². The zero-order chi connectivity index (χ0) is 46.0. The molecule has 3 aliphatic heterocycles. The van der Waals surface area contributed by atoms with Crippen molar-refractivity contribution in [1.82, 2.24) is 49.9 Å². The minimum absolute atomic E-state index is 0.127. The Morgan fingerprint density at radius 3 is 2.42 bits per heavy atom. The number of aryl methyl sites for hydroxylation is 2. The lowest BCUT2D eigenvalue weighted by Crippen LogP contribution is -2.51. The molecule has 0 radical (unpaired) electrons. The molecule has 6 aromatic rings. The first-order chi connectivity index (χ1) is 31.9. The summed E-state index contributed by atoms with van der Waals surface area (Å²) < 4.78 is 18.8. The van der Waals surface area contributed by atoms with Gasteiger partial charge >= 0.3 is 12.2 Å².